The average Bonchev–Trinajstić information content (AvgIpc) is 2.56. The van der Waals surface area contributed by atoms with Gasteiger partial charge in [0, 0.05) is 12.2 Å². The third-order valence-electron chi connectivity index (χ3n) is 2.48. The van der Waals surface area contributed by atoms with E-state index in [1.807, 2.05) is 19.1 Å². The van der Waals surface area contributed by atoms with Gasteiger partial charge in [0.15, 0.2) is 5.65 Å². The van der Waals surface area contributed by atoms with Crippen LogP contribution in [0.25, 0.3) is 11.2 Å². The van der Waals surface area contributed by atoms with E-state index in [1.165, 1.54) is 0 Å². The second-order valence-corrected chi connectivity index (χ2v) is 4.73. The lowest BCUT2D eigenvalue weighted by molar-refractivity contribution is 0.520. The highest BCUT2D eigenvalue weighted by atomic mass is 35.5. The van der Waals surface area contributed by atoms with Gasteiger partial charge >= 0.3 is 0 Å². The van der Waals surface area contributed by atoms with Crippen LogP contribution in [0.5, 0.6) is 0 Å². The van der Waals surface area contributed by atoms with Crippen molar-refractivity contribution in [1.82, 2.24) is 14.5 Å². The summed E-state index contributed by atoms with van der Waals surface area (Å²) >= 11 is 5.92. The maximum absolute atomic E-state index is 5.92. The van der Waals surface area contributed by atoms with Gasteiger partial charge in [-0.2, -0.15) is 0 Å². The predicted octanol–water partition coefficient (Wildman–Crippen LogP) is 3.13. The molecule has 0 unspecified atom stereocenters. The Morgan fingerprint density at radius 1 is 1.31 bits per heavy atom. The van der Waals surface area contributed by atoms with Crippen LogP contribution in [0.1, 0.15) is 25.4 Å². The fourth-order valence-electron chi connectivity index (χ4n) is 1.80. The van der Waals surface area contributed by atoms with E-state index in [0.717, 1.165) is 29.2 Å². The minimum absolute atomic E-state index is 0.433. The van der Waals surface area contributed by atoms with Gasteiger partial charge in [-0.3, -0.25) is 0 Å². The molecule has 2 rings (SSSR count). The first kappa shape index (κ1) is 11.4. The summed E-state index contributed by atoms with van der Waals surface area (Å²) in [7, 11) is 0. The molecule has 0 fully saturated rings. The number of alkyl halides is 1. The monoisotopic (exact) mass is 237 g/mol. The van der Waals surface area contributed by atoms with Crippen LogP contribution in [0, 0.1) is 12.8 Å². The molecular formula is C12H16ClN3. The zero-order valence-electron chi connectivity index (χ0n) is 9.87. The van der Waals surface area contributed by atoms with E-state index >= 15 is 0 Å². The minimum Gasteiger partial charge on any atom is -0.311 e. The van der Waals surface area contributed by atoms with Crippen LogP contribution in [0.3, 0.4) is 0 Å². The lowest BCUT2D eigenvalue weighted by Crippen LogP contribution is -2.08. The lowest BCUT2D eigenvalue weighted by atomic mass is 10.2. The van der Waals surface area contributed by atoms with E-state index in [0.29, 0.717) is 11.8 Å². The van der Waals surface area contributed by atoms with Crippen LogP contribution in [0.4, 0.5) is 0 Å². The van der Waals surface area contributed by atoms with Crippen molar-refractivity contribution < 1.29 is 0 Å². The number of rotatable bonds is 3. The number of nitrogens with zero attached hydrogens (tertiary/aromatic N) is 3. The Morgan fingerprint density at radius 2 is 2.06 bits per heavy atom. The lowest BCUT2D eigenvalue weighted by Gasteiger charge is -2.09. The topological polar surface area (TPSA) is 30.7 Å². The van der Waals surface area contributed by atoms with Gasteiger partial charge in [0.25, 0.3) is 0 Å². The summed E-state index contributed by atoms with van der Waals surface area (Å²) in [5.74, 6) is 1.90. The highest BCUT2D eigenvalue weighted by molar-refractivity contribution is 6.16. The van der Waals surface area contributed by atoms with Crippen LogP contribution >= 0.6 is 11.6 Å². The quantitative estimate of drug-likeness (QED) is 0.768. The maximum Gasteiger partial charge on any atom is 0.160 e. The average molecular weight is 238 g/mol. The molecule has 0 saturated heterocycles. The van der Waals surface area contributed by atoms with Gasteiger partial charge in [-0.1, -0.05) is 13.8 Å². The molecule has 86 valence electrons. The molecule has 0 aliphatic rings. The summed E-state index contributed by atoms with van der Waals surface area (Å²) in [6.45, 7) is 7.26. The Labute approximate surface area is 100 Å². The van der Waals surface area contributed by atoms with Gasteiger partial charge in [-0.25, -0.2) is 9.97 Å². The Hall–Kier alpha value is -1.09. The number of aryl methyl sites for hydroxylation is 1. The highest BCUT2D eigenvalue weighted by Crippen LogP contribution is 2.17. The molecule has 4 heteroatoms. The molecule has 0 spiro atoms. The molecule has 0 atom stereocenters. The van der Waals surface area contributed by atoms with Crippen LogP contribution in [-0.4, -0.2) is 14.5 Å². The molecule has 0 radical (unpaired) electrons. The third-order valence-corrected chi connectivity index (χ3v) is 2.72. The number of pyridine rings is 1. The standard InChI is InChI=1S/C12H16ClN3/c1-8(2)7-16-11(6-13)15-10-5-4-9(3)14-12(10)16/h4-5,8H,6-7H2,1-3H3. The minimum atomic E-state index is 0.433. The molecule has 2 aromatic heterocycles. The first-order valence-corrected chi connectivity index (χ1v) is 6.04. The summed E-state index contributed by atoms with van der Waals surface area (Å²) < 4.78 is 2.12. The molecule has 3 nitrogen and oxygen atoms in total. The van der Waals surface area contributed by atoms with E-state index in [9.17, 15) is 0 Å². The number of fused-ring (bicyclic) bond motifs is 1. The molecule has 0 aliphatic carbocycles. The molecule has 0 saturated carbocycles. The molecule has 0 aromatic carbocycles. The SMILES string of the molecule is Cc1ccc2nc(CCl)n(CC(C)C)c2n1. The number of aromatic nitrogens is 3. The molecule has 2 heterocycles. The van der Waals surface area contributed by atoms with Gasteiger partial charge < -0.3 is 4.57 Å². The smallest absolute Gasteiger partial charge is 0.160 e. The second-order valence-electron chi connectivity index (χ2n) is 4.46. The van der Waals surface area contributed by atoms with Crippen molar-refractivity contribution in [2.75, 3.05) is 0 Å². The van der Waals surface area contributed by atoms with Gasteiger partial charge in [-0.05, 0) is 25.0 Å². The van der Waals surface area contributed by atoms with Crippen LogP contribution in [0.15, 0.2) is 12.1 Å². The van der Waals surface area contributed by atoms with Crippen LogP contribution < -0.4 is 0 Å². The van der Waals surface area contributed by atoms with Gasteiger partial charge in [0.2, 0.25) is 0 Å². The number of hydrogen-bond donors (Lipinski definition) is 0. The van der Waals surface area contributed by atoms with Crippen molar-refractivity contribution >= 4 is 22.8 Å². The normalized spacial score (nSPS) is 11.6. The fourth-order valence-corrected chi connectivity index (χ4v) is 2.01. The summed E-state index contributed by atoms with van der Waals surface area (Å²) in [6, 6.07) is 3.98. The summed E-state index contributed by atoms with van der Waals surface area (Å²) in [5.41, 5.74) is 2.89. The van der Waals surface area contributed by atoms with E-state index in [-0.39, 0.29) is 0 Å². The molecular weight excluding hydrogens is 222 g/mol. The van der Waals surface area contributed by atoms with Crippen molar-refractivity contribution in [1.29, 1.82) is 0 Å². The molecule has 16 heavy (non-hydrogen) atoms. The Balaban J connectivity index is 2.60. The predicted molar refractivity (Wildman–Crippen MR) is 66.7 cm³/mol. The molecule has 0 N–H and O–H groups in total. The summed E-state index contributed by atoms with van der Waals surface area (Å²) in [6.07, 6.45) is 0. The van der Waals surface area contributed by atoms with E-state index in [2.05, 4.69) is 28.4 Å². The van der Waals surface area contributed by atoms with Crippen LogP contribution in [0.2, 0.25) is 0 Å². The van der Waals surface area contributed by atoms with Crippen LogP contribution in [-0.2, 0) is 12.4 Å². The van der Waals surface area contributed by atoms with Crippen molar-refractivity contribution in [3.63, 3.8) is 0 Å². The van der Waals surface area contributed by atoms with Gasteiger partial charge in [-0.15, -0.1) is 11.6 Å². The van der Waals surface area contributed by atoms with Gasteiger partial charge in [0.05, 0.1) is 5.88 Å². The first-order chi connectivity index (χ1) is 7.61. The largest absolute Gasteiger partial charge is 0.311 e. The van der Waals surface area contributed by atoms with E-state index < -0.39 is 0 Å². The molecule has 0 amide bonds. The number of imidazole rings is 1. The fraction of sp³-hybridized carbons (Fsp3) is 0.500. The zero-order valence-corrected chi connectivity index (χ0v) is 10.6. The van der Waals surface area contributed by atoms with Crippen molar-refractivity contribution in [3.05, 3.63) is 23.7 Å². The number of hydrogen-bond acceptors (Lipinski definition) is 2. The Bertz CT molecular complexity index is 502. The van der Waals surface area contributed by atoms with Crippen molar-refractivity contribution in [2.45, 2.75) is 33.2 Å². The van der Waals surface area contributed by atoms with Crippen molar-refractivity contribution in [2.24, 2.45) is 5.92 Å². The summed E-state index contributed by atoms with van der Waals surface area (Å²) in [4.78, 5) is 9.03. The maximum atomic E-state index is 5.92. The summed E-state index contributed by atoms with van der Waals surface area (Å²) in [5, 5.41) is 0. The second kappa shape index (κ2) is 4.42. The van der Waals surface area contributed by atoms with E-state index in [1.54, 1.807) is 0 Å². The Morgan fingerprint density at radius 3 is 2.69 bits per heavy atom. The van der Waals surface area contributed by atoms with E-state index in [4.69, 9.17) is 11.6 Å². The zero-order chi connectivity index (χ0) is 11.7. The van der Waals surface area contributed by atoms with Crippen molar-refractivity contribution in [3.8, 4) is 0 Å². The first-order valence-electron chi connectivity index (χ1n) is 5.50. The molecule has 2 aromatic rings. The molecule has 0 bridgehead atoms. The highest BCUT2D eigenvalue weighted by Gasteiger charge is 2.12. The number of halogens is 1. The Kier molecular flexibility index (Phi) is 3.15. The third kappa shape index (κ3) is 2.05. The molecule has 0 aliphatic heterocycles. The van der Waals surface area contributed by atoms with Gasteiger partial charge in [0.1, 0.15) is 11.3 Å².